The Kier molecular flexibility index (Phi) is 7.09. The van der Waals surface area contributed by atoms with Crippen LogP contribution in [0.1, 0.15) is 23.7 Å². The fourth-order valence-electron chi connectivity index (χ4n) is 2.40. The minimum atomic E-state index is -1.30. The molecule has 9 nitrogen and oxygen atoms in total. The van der Waals surface area contributed by atoms with E-state index in [0.717, 1.165) is 5.56 Å². The van der Waals surface area contributed by atoms with Gasteiger partial charge in [0.25, 0.3) is 5.69 Å². The molecule has 1 amide bonds. The fraction of sp³-hybridized carbons (Fsp3) is 0.278. The van der Waals surface area contributed by atoms with Gasteiger partial charge in [-0.2, -0.15) is 0 Å². The Hall–Kier alpha value is -3.17. The minimum Gasteiger partial charge on any atom is -0.445 e. The van der Waals surface area contributed by atoms with Crippen molar-refractivity contribution < 1.29 is 24.7 Å². The normalized spacial score (nSPS) is 12.8. The maximum Gasteiger partial charge on any atom is 0.407 e. The molecule has 0 spiro atoms. The molecule has 27 heavy (non-hydrogen) atoms. The van der Waals surface area contributed by atoms with E-state index >= 15 is 0 Å². The second-order valence-electron chi connectivity index (χ2n) is 5.86. The molecule has 0 radical (unpaired) electrons. The molecule has 0 bridgehead atoms. The number of benzene rings is 2. The summed E-state index contributed by atoms with van der Waals surface area (Å²) in [5, 5.41) is 33.4. The van der Waals surface area contributed by atoms with Crippen molar-refractivity contribution in [2.24, 2.45) is 0 Å². The predicted octanol–water partition coefficient (Wildman–Crippen LogP) is 1.89. The van der Waals surface area contributed by atoms with E-state index in [1.54, 1.807) is 0 Å². The van der Waals surface area contributed by atoms with Gasteiger partial charge >= 0.3 is 6.09 Å². The minimum absolute atomic E-state index is 0.0541. The van der Waals surface area contributed by atoms with Crippen LogP contribution in [-0.4, -0.2) is 33.9 Å². The molecule has 0 heterocycles. The number of nitrogens with zero attached hydrogens (tertiary/aromatic N) is 1. The number of nitrogens with one attached hydrogen (secondary N) is 1. The second-order valence-corrected chi connectivity index (χ2v) is 5.86. The number of alkyl carbamates (subject to hydrolysis) is 1. The van der Waals surface area contributed by atoms with Crippen molar-refractivity contribution >= 4 is 17.5 Å². The van der Waals surface area contributed by atoms with Crippen LogP contribution in [0.2, 0.25) is 0 Å². The van der Waals surface area contributed by atoms with E-state index in [4.69, 9.17) is 10.5 Å². The summed E-state index contributed by atoms with van der Waals surface area (Å²) in [7, 11) is 0. The van der Waals surface area contributed by atoms with Gasteiger partial charge in [-0.25, -0.2) is 4.79 Å². The van der Waals surface area contributed by atoms with E-state index in [9.17, 15) is 25.1 Å². The van der Waals surface area contributed by atoms with Gasteiger partial charge in [0.1, 0.15) is 18.4 Å². The number of nitro groups is 1. The standard InChI is InChI=1S/C18H21N3O6/c19-14-10-13(6-7-15(14)21(25)26)17(23)16(22)8-9-20-18(24)27-11-12-4-2-1-3-5-12/h1-7,10,16-17,22-23H,8-9,11,19H2,(H,20,24). The van der Waals surface area contributed by atoms with E-state index in [2.05, 4.69) is 5.32 Å². The molecule has 2 atom stereocenters. The van der Waals surface area contributed by atoms with Crippen LogP contribution < -0.4 is 11.1 Å². The van der Waals surface area contributed by atoms with E-state index in [0.29, 0.717) is 0 Å². The largest absolute Gasteiger partial charge is 0.445 e. The third-order valence-corrected chi connectivity index (χ3v) is 3.88. The summed E-state index contributed by atoms with van der Waals surface area (Å²) in [5.41, 5.74) is 6.29. The third-order valence-electron chi connectivity index (χ3n) is 3.88. The molecule has 2 aromatic rings. The summed E-state index contributed by atoms with van der Waals surface area (Å²) >= 11 is 0. The quantitative estimate of drug-likeness (QED) is 0.313. The van der Waals surface area contributed by atoms with Crippen molar-refractivity contribution in [2.75, 3.05) is 12.3 Å². The van der Waals surface area contributed by atoms with Gasteiger partial charge in [0.05, 0.1) is 11.0 Å². The van der Waals surface area contributed by atoms with Crippen LogP contribution in [0.4, 0.5) is 16.2 Å². The van der Waals surface area contributed by atoms with Gasteiger partial charge in [0, 0.05) is 12.6 Å². The first-order valence-electron chi connectivity index (χ1n) is 8.23. The lowest BCUT2D eigenvalue weighted by Gasteiger charge is -2.18. The fourth-order valence-corrected chi connectivity index (χ4v) is 2.40. The summed E-state index contributed by atoms with van der Waals surface area (Å²) < 4.78 is 5.03. The molecule has 0 fully saturated rings. The van der Waals surface area contributed by atoms with Crippen LogP contribution in [0.25, 0.3) is 0 Å². The number of aliphatic hydroxyl groups excluding tert-OH is 2. The summed E-state index contributed by atoms with van der Waals surface area (Å²) in [5.74, 6) is 0. The van der Waals surface area contributed by atoms with Crippen molar-refractivity contribution in [2.45, 2.75) is 25.2 Å². The molecule has 0 saturated heterocycles. The first-order valence-corrected chi connectivity index (χ1v) is 8.23. The van der Waals surface area contributed by atoms with Gasteiger partial charge in [0.15, 0.2) is 0 Å². The number of aliphatic hydroxyl groups is 2. The van der Waals surface area contributed by atoms with Crippen molar-refractivity contribution in [1.29, 1.82) is 0 Å². The lowest BCUT2D eigenvalue weighted by atomic mass is 10.0. The number of carbonyl (C=O) groups excluding carboxylic acids is 1. The molecule has 0 aromatic heterocycles. The lowest BCUT2D eigenvalue weighted by molar-refractivity contribution is -0.383. The van der Waals surface area contributed by atoms with Crippen molar-refractivity contribution in [3.8, 4) is 0 Å². The lowest BCUT2D eigenvalue weighted by Crippen LogP contribution is -2.29. The molecule has 2 unspecified atom stereocenters. The number of nitro benzene ring substituents is 1. The number of nitrogens with two attached hydrogens (primary N) is 1. The van der Waals surface area contributed by atoms with Gasteiger partial charge in [-0.1, -0.05) is 30.3 Å². The Bertz CT molecular complexity index is 784. The number of ether oxygens (including phenoxy) is 1. The molecule has 2 aromatic carbocycles. The first-order chi connectivity index (χ1) is 12.9. The Morgan fingerprint density at radius 1 is 1.22 bits per heavy atom. The zero-order valence-corrected chi connectivity index (χ0v) is 14.4. The van der Waals surface area contributed by atoms with E-state index in [-0.39, 0.29) is 36.5 Å². The van der Waals surface area contributed by atoms with Crippen molar-refractivity contribution in [1.82, 2.24) is 5.32 Å². The number of rotatable bonds is 8. The van der Waals surface area contributed by atoms with Crippen LogP contribution >= 0.6 is 0 Å². The van der Waals surface area contributed by atoms with Crippen molar-refractivity contribution in [3.63, 3.8) is 0 Å². The number of carbonyl (C=O) groups is 1. The monoisotopic (exact) mass is 375 g/mol. The predicted molar refractivity (Wildman–Crippen MR) is 97.7 cm³/mol. The van der Waals surface area contributed by atoms with Crippen LogP contribution in [0.3, 0.4) is 0 Å². The smallest absolute Gasteiger partial charge is 0.407 e. The number of anilines is 1. The Balaban J connectivity index is 1.77. The van der Waals surface area contributed by atoms with E-state index in [1.165, 1.54) is 18.2 Å². The maximum absolute atomic E-state index is 11.6. The van der Waals surface area contributed by atoms with E-state index < -0.39 is 23.2 Å². The van der Waals surface area contributed by atoms with Gasteiger partial charge < -0.3 is 26.0 Å². The molecule has 2 rings (SSSR count). The summed E-state index contributed by atoms with van der Waals surface area (Å²) in [6.07, 6.45) is -3.07. The topological polar surface area (TPSA) is 148 Å². The second kappa shape index (κ2) is 9.51. The Labute approximate surface area is 155 Å². The highest BCUT2D eigenvalue weighted by Crippen LogP contribution is 2.27. The molecule has 0 aliphatic rings. The van der Waals surface area contributed by atoms with Gasteiger partial charge in [-0.15, -0.1) is 0 Å². The highest BCUT2D eigenvalue weighted by atomic mass is 16.6. The number of hydrogen-bond acceptors (Lipinski definition) is 7. The number of amides is 1. The third kappa shape index (κ3) is 5.94. The first kappa shape index (κ1) is 20.1. The molecule has 144 valence electrons. The molecular formula is C18H21N3O6. The molecule has 9 heteroatoms. The molecule has 5 N–H and O–H groups in total. The highest BCUT2D eigenvalue weighted by molar-refractivity contribution is 5.67. The summed E-state index contributed by atoms with van der Waals surface area (Å²) in [4.78, 5) is 21.7. The number of nitrogen functional groups attached to an aromatic ring is 1. The molecule has 0 aliphatic heterocycles. The van der Waals surface area contributed by atoms with E-state index in [1.807, 2.05) is 30.3 Å². The molecule has 0 aliphatic carbocycles. The van der Waals surface area contributed by atoms with Crippen LogP contribution in [-0.2, 0) is 11.3 Å². The van der Waals surface area contributed by atoms with Gasteiger partial charge in [-0.3, -0.25) is 10.1 Å². The zero-order valence-electron chi connectivity index (χ0n) is 14.4. The van der Waals surface area contributed by atoms with Crippen molar-refractivity contribution in [3.05, 3.63) is 69.8 Å². The average molecular weight is 375 g/mol. The average Bonchev–Trinajstić information content (AvgIpc) is 2.66. The SMILES string of the molecule is Nc1cc(C(O)C(O)CCNC(=O)OCc2ccccc2)ccc1[N+](=O)[O-]. The summed E-state index contributed by atoms with van der Waals surface area (Å²) in [6, 6.07) is 12.9. The van der Waals surface area contributed by atoms with Gasteiger partial charge in [-0.05, 0) is 29.7 Å². The number of hydrogen-bond donors (Lipinski definition) is 4. The maximum atomic E-state index is 11.6. The molecular weight excluding hydrogens is 354 g/mol. The van der Waals surface area contributed by atoms with Crippen LogP contribution in [0, 0.1) is 10.1 Å². The van der Waals surface area contributed by atoms with Gasteiger partial charge in [0.2, 0.25) is 0 Å². The van der Waals surface area contributed by atoms with Crippen LogP contribution in [0.15, 0.2) is 48.5 Å². The van der Waals surface area contributed by atoms with Crippen LogP contribution in [0.5, 0.6) is 0 Å². The molecule has 0 saturated carbocycles. The highest BCUT2D eigenvalue weighted by Gasteiger charge is 2.21. The summed E-state index contributed by atoms with van der Waals surface area (Å²) in [6.45, 7) is 0.203. The zero-order chi connectivity index (χ0) is 19.8. The Morgan fingerprint density at radius 2 is 1.93 bits per heavy atom. The Morgan fingerprint density at radius 3 is 2.56 bits per heavy atom.